The van der Waals surface area contributed by atoms with Crippen molar-refractivity contribution < 1.29 is 18.3 Å². The van der Waals surface area contributed by atoms with Crippen molar-refractivity contribution in [2.75, 3.05) is 0 Å². The van der Waals surface area contributed by atoms with Gasteiger partial charge < -0.3 is 5.11 Å². The molecule has 1 unspecified atom stereocenters. The van der Waals surface area contributed by atoms with Crippen molar-refractivity contribution in [2.24, 2.45) is 0 Å². The topological polar surface area (TPSA) is 71.4 Å². The second-order valence-electron chi connectivity index (χ2n) is 5.96. The summed E-state index contributed by atoms with van der Waals surface area (Å²) in [6.45, 7) is 0. The second-order valence-corrected chi connectivity index (χ2v) is 9.13. The maximum atomic E-state index is 13.0. The summed E-state index contributed by atoms with van der Waals surface area (Å²) >= 11 is 1.58. The molecule has 0 radical (unpaired) electrons. The van der Waals surface area contributed by atoms with Crippen molar-refractivity contribution in [3.8, 4) is 10.4 Å². The number of hydrogen-bond donors (Lipinski definition) is 1. The van der Waals surface area contributed by atoms with E-state index < -0.39 is 27.5 Å². The Labute approximate surface area is 156 Å². The number of carboxylic acids is 1. The minimum Gasteiger partial charge on any atom is -0.481 e. The monoisotopic (exact) mass is 386 g/mol. The molecule has 1 aromatic heterocycles. The lowest BCUT2D eigenvalue weighted by Crippen LogP contribution is -2.27. The lowest BCUT2D eigenvalue weighted by molar-refractivity contribution is -0.137. The molecule has 0 saturated carbocycles. The van der Waals surface area contributed by atoms with E-state index in [4.69, 9.17) is 0 Å². The van der Waals surface area contributed by atoms with Crippen LogP contribution in [0.2, 0.25) is 0 Å². The molecule has 1 heterocycles. The molecule has 0 aliphatic rings. The van der Waals surface area contributed by atoms with Crippen molar-refractivity contribution in [1.82, 2.24) is 0 Å². The highest BCUT2D eigenvalue weighted by Gasteiger charge is 2.30. The predicted octanol–water partition coefficient (Wildman–Crippen LogP) is 4.27. The molecule has 134 valence electrons. The number of sulfone groups is 1. The van der Waals surface area contributed by atoms with Crippen LogP contribution >= 0.6 is 11.3 Å². The first kappa shape index (κ1) is 18.4. The van der Waals surface area contributed by atoms with Crippen LogP contribution < -0.4 is 0 Å². The van der Waals surface area contributed by atoms with Crippen LogP contribution in [-0.4, -0.2) is 24.7 Å². The van der Waals surface area contributed by atoms with E-state index in [1.807, 2.05) is 47.8 Å². The van der Waals surface area contributed by atoms with E-state index in [0.29, 0.717) is 0 Å². The zero-order valence-corrected chi connectivity index (χ0v) is 15.5. The summed E-state index contributed by atoms with van der Waals surface area (Å²) in [6.07, 6.45) is -0.258. The zero-order chi connectivity index (χ0) is 18.6. The number of carboxylic acid groups (broad SMARTS) is 1. The maximum absolute atomic E-state index is 13.0. The summed E-state index contributed by atoms with van der Waals surface area (Å²) in [5, 5.41) is 10.1. The minimum atomic E-state index is -3.76. The van der Waals surface area contributed by atoms with Gasteiger partial charge in [-0.25, -0.2) is 8.42 Å². The molecule has 0 fully saturated rings. The lowest BCUT2D eigenvalue weighted by Gasteiger charge is -2.16. The van der Waals surface area contributed by atoms with Crippen molar-refractivity contribution >= 4 is 27.1 Å². The van der Waals surface area contributed by atoms with Gasteiger partial charge in [0.1, 0.15) is 0 Å². The van der Waals surface area contributed by atoms with E-state index in [2.05, 4.69) is 0 Å². The molecule has 0 bridgehead atoms. The van der Waals surface area contributed by atoms with Crippen LogP contribution in [0.15, 0.2) is 77.0 Å². The molecule has 0 spiro atoms. The minimum absolute atomic E-state index is 0.153. The third-order valence-corrected chi connectivity index (χ3v) is 7.20. The first-order valence-corrected chi connectivity index (χ1v) is 10.5. The van der Waals surface area contributed by atoms with Crippen molar-refractivity contribution in [1.29, 1.82) is 0 Å². The van der Waals surface area contributed by atoms with Crippen LogP contribution in [0.3, 0.4) is 0 Å². The Bertz CT molecular complexity index is 960. The van der Waals surface area contributed by atoms with Gasteiger partial charge >= 0.3 is 5.97 Å². The van der Waals surface area contributed by atoms with Crippen molar-refractivity contribution in [3.05, 3.63) is 77.7 Å². The van der Waals surface area contributed by atoms with Gasteiger partial charge in [0.05, 0.1) is 16.6 Å². The SMILES string of the molecule is O=C(O)CC(Cc1ccccc1)S(=O)(=O)c1ccc(-c2cccs2)cc1. The summed E-state index contributed by atoms with van der Waals surface area (Å²) in [6, 6.07) is 19.6. The molecular formula is C20H18O4S2. The largest absolute Gasteiger partial charge is 0.481 e. The molecule has 0 aliphatic carbocycles. The number of carbonyl (C=O) groups is 1. The van der Waals surface area contributed by atoms with E-state index in [9.17, 15) is 18.3 Å². The maximum Gasteiger partial charge on any atom is 0.304 e. The van der Waals surface area contributed by atoms with E-state index in [1.54, 1.807) is 35.6 Å². The predicted molar refractivity (Wildman–Crippen MR) is 103 cm³/mol. The second kappa shape index (κ2) is 7.85. The third kappa shape index (κ3) is 4.20. The van der Waals surface area contributed by atoms with Gasteiger partial charge in [-0.3, -0.25) is 4.79 Å². The molecular weight excluding hydrogens is 368 g/mol. The van der Waals surface area contributed by atoms with Crippen LogP contribution in [0.4, 0.5) is 0 Å². The lowest BCUT2D eigenvalue weighted by atomic mass is 10.1. The standard InChI is InChI=1S/C20H18O4S2/c21-20(22)14-18(13-15-5-2-1-3-6-15)26(23,24)17-10-8-16(9-11-17)19-7-4-12-25-19/h1-12,18H,13-14H2,(H,21,22). The van der Waals surface area contributed by atoms with Crippen LogP contribution in [0, 0.1) is 0 Å². The fourth-order valence-corrected chi connectivity index (χ4v) is 5.21. The Morgan fingerprint density at radius 1 is 0.962 bits per heavy atom. The fraction of sp³-hybridized carbons (Fsp3) is 0.150. The highest BCUT2D eigenvalue weighted by molar-refractivity contribution is 7.92. The molecule has 1 atom stereocenters. The summed E-state index contributed by atoms with van der Waals surface area (Å²) < 4.78 is 26.0. The van der Waals surface area contributed by atoms with Crippen molar-refractivity contribution in [2.45, 2.75) is 23.0 Å². The van der Waals surface area contributed by atoms with Crippen LogP contribution in [0.5, 0.6) is 0 Å². The first-order chi connectivity index (χ1) is 12.5. The Balaban J connectivity index is 1.90. The quantitative estimate of drug-likeness (QED) is 0.658. The number of benzene rings is 2. The molecule has 0 amide bonds. The molecule has 6 heteroatoms. The molecule has 0 aliphatic heterocycles. The van der Waals surface area contributed by atoms with E-state index in [-0.39, 0.29) is 11.3 Å². The summed E-state index contributed by atoms with van der Waals surface area (Å²) in [5.74, 6) is -1.12. The van der Waals surface area contributed by atoms with E-state index in [0.717, 1.165) is 16.0 Å². The van der Waals surface area contributed by atoms with Gasteiger partial charge in [-0.15, -0.1) is 11.3 Å². The molecule has 4 nitrogen and oxygen atoms in total. The normalized spacial score (nSPS) is 12.6. The summed E-state index contributed by atoms with van der Waals surface area (Å²) in [5.41, 5.74) is 1.74. The Kier molecular flexibility index (Phi) is 5.54. The van der Waals surface area contributed by atoms with Gasteiger partial charge in [-0.1, -0.05) is 48.5 Å². The van der Waals surface area contributed by atoms with Crippen LogP contribution in [-0.2, 0) is 21.1 Å². The first-order valence-electron chi connectivity index (χ1n) is 8.10. The van der Waals surface area contributed by atoms with E-state index in [1.165, 1.54) is 0 Å². The van der Waals surface area contributed by atoms with Gasteiger partial charge in [-0.2, -0.15) is 0 Å². The average Bonchev–Trinajstić information content (AvgIpc) is 3.16. The molecule has 3 rings (SSSR count). The zero-order valence-electron chi connectivity index (χ0n) is 13.9. The van der Waals surface area contributed by atoms with Gasteiger partial charge in [0, 0.05) is 4.88 Å². The summed E-state index contributed by atoms with van der Waals surface area (Å²) in [7, 11) is -3.76. The molecule has 0 saturated heterocycles. The van der Waals surface area contributed by atoms with Gasteiger partial charge in [0.15, 0.2) is 9.84 Å². The number of rotatable bonds is 7. The van der Waals surface area contributed by atoms with Crippen LogP contribution in [0.25, 0.3) is 10.4 Å². The highest BCUT2D eigenvalue weighted by atomic mass is 32.2. The molecule has 3 aromatic rings. The molecule has 2 aromatic carbocycles. The Morgan fingerprint density at radius 2 is 1.65 bits per heavy atom. The molecule has 26 heavy (non-hydrogen) atoms. The smallest absolute Gasteiger partial charge is 0.304 e. The highest BCUT2D eigenvalue weighted by Crippen LogP contribution is 2.28. The third-order valence-electron chi connectivity index (χ3n) is 4.14. The van der Waals surface area contributed by atoms with Gasteiger partial charge in [-0.05, 0) is 41.1 Å². The summed E-state index contributed by atoms with van der Waals surface area (Å²) in [4.78, 5) is 12.4. The fourth-order valence-electron chi connectivity index (χ4n) is 2.81. The number of aliphatic carboxylic acids is 1. The molecule has 1 N–H and O–H groups in total. The van der Waals surface area contributed by atoms with Gasteiger partial charge in [0.25, 0.3) is 0 Å². The number of thiophene rings is 1. The van der Waals surface area contributed by atoms with Crippen LogP contribution in [0.1, 0.15) is 12.0 Å². The average molecular weight is 386 g/mol. The van der Waals surface area contributed by atoms with E-state index >= 15 is 0 Å². The van der Waals surface area contributed by atoms with Gasteiger partial charge in [0.2, 0.25) is 0 Å². The Hall–Kier alpha value is -2.44. The number of hydrogen-bond acceptors (Lipinski definition) is 4. The van der Waals surface area contributed by atoms with Crippen molar-refractivity contribution in [3.63, 3.8) is 0 Å². The Morgan fingerprint density at radius 3 is 2.23 bits per heavy atom.